The second-order valence-corrected chi connectivity index (χ2v) is 6.62. The molecule has 132 valence electrons. The van der Waals surface area contributed by atoms with Crippen molar-refractivity contribution in [3.05, 3.63) is 59.5 Å². The van der Waals surface area contributed by atoms with Crippen LogP contribution < -0.4 is 0 Å². The summed E-state index contributed by atoms with van der Waals surface area (Å²) in [4.78, 5) is 25.6. The molecule has 0 radical (unpaired) electrons. The lowest BCUT2D eigenvalue weighted by atomic mass is 9.88. The Kier molecular flexibility index (Phi) is 5.53. The number of furan rings is 1. The van der Waals surface area contributed by atoms with Gasteiger partial charge < -0.3 is 14.4 Å². The minimum atomic E-state index is -0.873. The van der Waals surface area contributed by atoms with Crippen LogP contribution in [0.1, 0.15) is 40.7 Å². The molecule has 5 heteroatoms. The van der Waals surface area contributed by atoms with E-state index in [4.69, 9.17) is 4.42 Å². The summed E-state index contributed by atoms with van der Waals surface area (Å²) in [6.45, 7) is 1.51. The Morgan fingerprint density at radius 1 is 1.16 bits per heavy atom. The zero-order chi connectivity index (χ0) is 17.6. The van der Waals surface area contributed by atoms with Gasteiger partial charge in [0, 0.05) is 19.5 Å². The number of nitrogens with zero attached hydrogens (tertiary/aromatic N) is 1. The third-order valence-corrected chi connectivity index (χ3v) is 4.93. The number of amides is 1. The van der Waals surface area contributed by atoms with E-state index in [1.54, 1.807) is 24.7 Å². The molecule has 25 heavy (non-hydrogen) atoms. The minimum Gasteiger partial charge on any atom is -0.478 e. The Balaban J connectivity index is 1.49. The number of carbonyl (C=O) groups excluding carboxylic acids is 1. The Bertz CT molecular complexity index is 715. The number of hydrogen-bond acceptors (Lipinski definition) is 3. The predicted molar refractivity (Wildman–Crippen MR) is 93.4 cm³/mol. The molecule has 5 nitrogen and oxygen atoms in total. The summed E-state index contributed by atoms with van der Waals surface area (Å²) in [6.07, 6.45) is 7.13. The lowest BCUT2D eigenvalue weighted by molar-refractivity contribution is -0.132. The minimum absolute atomic E-state index is 0.186. The second-order valence-electron chi connectivity index (χ2n) is 6.62. The van der Waals surface area contributed by atoms with Gasteiger partial charge in [0.25, 0.3) is 0 Å². The molecule has 2 heterocycles. The average molecular weight is 341 g/mol. The fraction of sp³-hybridized carbons (Fsp3) is 0.400. The fourth-order valence-electron chi connectivity index (χ4n) is 3.45. The average Bonchev–Trinajstić information content (AvgIpc) is 3.14. The van der Waals surface area contributed by atoms with Gasteiger partial charge in [-0.25, -0.2) is 4.79 Å². The fourth-order valence-corrected chi connectivity index (χ4v) is 3.45. The van der Waals surface area contributed by atoms with Gasteiger partial charge in [0.2, 0.25) is 5.91 Å². The summed E-state index contributed by atoms with van der Waals surface area (Å²) in [6, 6.07) is 9.09. The number of likely N-dealkylation sites (tertiary alicyclic amines) is 1. The number of carboxylic acids is 1. The van der Waals surface area contributed by atoms with Crippen LogP contribution in [-0.2, 0) is 17.6 Å². The van der Waals surface area contributed by atoms with Crippen molar-refractivity contribution in [1.29, 1.82) is 0 Å². The molecular formula is C20H23NO4. The molecule has 1 aliphatic heterocycles. The molecule has 1 fully saturated rings. The topological polar surface area (TPSA) is 70.8 Å². The van der Waals surface area contributed by atoms with Gasteiger partial charge in [-0.05, 0) is 54.9 Å². The lowest BCUT2D eigenvalue weighted by Crippen LogP contribution is -2.39. The van der Waals surface area contributed by atoms with Crippen molar-refractivity contribution in [3.63, 3.8) is 0 Å². The van der Waals surface area contributed by atoms with Crippen LogP contribution in [0.3, 0.4) is 0 Å². The van der Waals surface area contributed by atoms with E-state index >= 15 is 0 Å². The van der Waals surface area contributed by atoms with Crippen LogP contribution in [0.4, 0.5) is 0 Å². The summed E-state index contributed by atoms with van der Waals surface area (Å²) in [7, 11) is 0. The molecule has 2 aromatic rings. The Labute approximate surface area is 147 Å². The molecular weight excluding hydrogens is 318 g/mol. The van der Waals surface area contributed by atoms with Gasteiger partial charge in [0.15, 0.2) is 0 Å². The maximum absolute atomic E-state index is 12.3. The number of carboxylic acid groups (broad SMARTS) is 1. The second kappa shape index (κ2) is 8.01. The third kappa shape index (κ3) is 4.50. The highest BCUT2D eigenvalue weighted by molar-refractivity contribution is 5.89. The van der Waals surface area contributed by atoms with Crippen LogP contribution in [0.25, 0.3) is 0 Å². The molecule has 1 aliphatic rings. The zero-order valence-corrected chi connectivity index (χ0v) is 14.2. The van der Waals surface area contributed by atoms with Crippen LogP contribution in [0, 0.1) is 5.92 Å². The van der Waals surface area contributed by atoms with E-state index < -0.39 is 5.97 Å². The maximum Gasteiger partial charge on any atom is 0.335 e. The van der Waals surface area contributed by atoms with Gasteiger partial charge >= 0.3 is 5.97 Å². The molecule has 1 N–H and O–H groups in total. The van der Waals surface area contributed by atoms with Crippen molar-refractivity contribution >= 4 is 11.9 Å². The molecule has 3 rings (SSSR count). The third-order valence-electron chi connectivity index (χ3n) is 4.93. The Morgan fingerprint density at radius 2 is 1.92 bits per heavy atom. The molecule has 1 aromatic heterocycles. The summed E-state index contributed by atoms with van der Waals surface area (Å²) in [5.41, 5.74) is 2.33. The lowest BCUT2D eigenvalue weighted by Gasteiger charge is -2.32. The first-order valence-corrected chi connectivity index (χ1v) is 8.73. The number of rotatable bonds is 6. The van der Waals surface area contributed by atoms with Crippen LogP contribution in [0.2, 0.25) is 0 Å². The van der Waals surface area contributed by atoms with E-state index in [1.807, 2.05) is 23.1 Å². The van der Waals surface area contributed by atoms with Crippen LogP contribution in [0.15, 0.2) is 47.3 Å². The first-order chi connectivity index (χ1) is 12.1. The van der Waals surface area contributed by atoms with Gasteiger partial charge in [0.1, 0.15) is 0 Å². The van der Waals surface area contributed by atoms with Gasteiger partial charge in [0.05, 0.1) is 18.1 Å². The Hall–Kier alpha value is -2.56. The van der Waals surface area contributed by atoms with Crippen LogP contribution in [-0.4, -0.2) is 35.0 Å². The van der Waals surface area contributed by atoms with Crippen molar-refractivity contribution < 1.29 is 19.1 Å². The van der Waals surface area contributed by atoms with Crippen molar-refractivity contribution in [2.24, 2.45) is 5.92 Å². The number of aryl methyl sites for hydroxylation is 1. The highest BCUT2D eigenvalue weighted by Gasteiger charge is 2.24. The molecule has 1 saturated heterocycles. The smallest absolute Gasteiger partial charge is 0.335 e. The van der Waals surface area contributed by atoms with E-state index in [0.717, 1.165) is 43.5 Å². The molecule has 0 unspecified atom stereocenters. The van der Waals surface area contributed by atoms with Crippen LogP contribution >= 0.6 is 0 Å². The van der Waals surface area contributed by atoms with Gasteiger partial charge in [-0.3, -0.25) is 4.79 Å². The summed E-state index contributed by atoms with van der Waals surface area (Å²) in [5.74, 6) is -0.258. The molecule has 0 bridgehead atoms. The number of benzene rings is 1. The molecule has 1 aromatic carbocycles. The highest BCUT2D eigenvalue weighted by Crippen LogP contribution is 2.24. The largest absolute Gasteiger partial charge is 0.478 e. The van der Waals surface area contributed by atoms with Crippen molar-refractivity contribution in [3.8, 4) is 0 Å². The number of carbonyl (C=O) groups is 2. The molecule has 1 amide bonds. The van der Waals surface area contributed by atoms with Crippen molar-refractivity contribution in [2.45, 2.75) is 32.1 Å². The predicted octanol–water partition coefficient (Wildman–Crippen LogP) is 3.39. The SMILES string of the molecule is O=C(O)c1ccccc1CC1CCN(C(=O)CCc2ccoc2)CC1. The Morgan fingerprint density at radius 3 is 2.60 bits per heavy atom. The molecule has 0 aliphatic carbocycles. The quantitative estimate of drug-likeness (QED) is 0.874. The zero-order valence-electron chi connectivity index (χ0n) is 14.2. The van der Waals surface area contributed by atoms with E-state index in [1.165, 1.54) is 0 Å². The number of hydrogen-bond donors (Lipinski definition) is 1. The van der Waals surface area contributed by atoms with E-state index in [0.29, 0.717) is 24.3 Å². The molecule has 0 atom stereocenters. The van der Waals surface area contributed by atoms with E-state index in [-0.39, 0.29) is 5.91 Å². The first kappa shape index (κ1) is 17.3. The summed E-state index contributed by atoms with van der Waals surface area (Å²) >= 11 is 0. The van der Waals surface area contributed by atoms with Crippen molar-refractivity contribution in [2.75, 3.05) is 13.1 Å². The van der Waals surface area contributed by atoms with Gasteiger partial charge in [-0.1, -0.05) is 18.2 Å². The number of piperidine rings is 1. The summed E-state index contributed by atoms with van der Waals surface area (Å²) < 4.78 is 5.02. The van der Waals surface area contributed by atoms with Gasteiger partial charge in [-0.15, -0.1) is 0 Å². The highest BCUT2D eigenvalue weighted by atomic mass is 16.4. The monoisotopic (exact) mass is 341 g/mol. The molecule has 0 spiro atoms. The maximum atomic E-state index is 12.3. The summed E-state index contributed by atoms with van der Waals surface area (Å²) in [5, 5.41) is 9.29. The first-order valence-electron chi connectivity index (χ1n) is 8.73. The number of aromatic carboxylic acids is 1. The van der Waals surface area contributed by atoms with Crippen LogP contribution in [0.5, 0.6) is 0 Å². The van der Waals surface area contributed by atoms with E-state index in [2.05, 4.69) is 0 Å². The molecule has 0 saturated carbocycles. The van der Waals surface area contributed by atoms with Gasteiger partial charge in [-0.2, -0.15) is 0 Å². The van der Waals surface area contributed by atoms with Crippen molar-refractivity contribution in [1.82, 2.24) is 4.90 Å². The van der Waals surface area contributed by atoms with E-state index in [9.17, 15) is 14.7 Å². The standard InChI is InChI=1S/C20H23NO4/c22-19(6-5-16-9-12-25-14-16)21-10-7-15(8-11-21)13-17-3-1-2-4-18(17)20(23)24/h1-4,9,12,14-15H,5-8,10-11,13H2,(H,23,24). The normalized spacial score (nSPS) is 15.3.